The SMILES string of the molecule is CCC(CC)c1cc(C)cc(F)c1. The molecule has 0 radical (unpaired) electrons. The zero-order valence-electron chi connectivity index (χ0n) is 8.60. The van der Waals surface area contributed by atoms with E-state index in [1.807, 2.05) is 6.92 Å². The highest BCUT2D eigenvalue weighted by Crippen LogP contribution is 2.24. The minimum absolute atomic E-state index is 0.109. The van der Waals surface area contributed by atoms with Gasteiger partial charge in [0.15, 0.2) is 0 Å². The van der Waals surface area contributed by atoms with Gasteiger partial charge in [-0.15, -0.1) is 0 Å². The van der Waals surface area contributed by atoms with E-state index in [0.29, 0.717) is 5.92 Å². The molecule has 0 saturated carbocycles. The molecule has 0 bridgehead atoms. The van der Waals surface area contributed by atoms with Crippen LogP contribution in [0, 0.1) is 12.7 Å². The molecular weight excluding hydrogens is 163 g/mol. The molecule has 1 rings (SSSR count). The molecule has 13 heavy (non-hydrogen) atoms. The van der Waals surface area contributed by atoms with Crippen molar-refractivity contribution in [2.24, 2.45) is 0 Å². The van der Waals surface area contributed by atoms with E-state index in [-0.39, 0.29) is 5.82 Å². The summed E-state index contributed by atoms with van der Waals surface area (Å²) in [6.07, 6.45) is 2.17. The highest BCUT2D eigenvalue weighted by Gasteiger charge is 2.07. The van der Waals surface area contributed by atoms with Crippen LogP contribution in [-0.2, 0) is 0 Å². The Hall–Kier alpha value is -0.850. The molecule has 1 heteroatoms. The van der Waals surface area contributed by atoms with Crippen molar-refractivity contribution in [2.75, 3.05) is 0 Å². The predicted molar refractivity (Wildman–Crippen MR) is 54.5 cm³/mol. The zero-order valence-corrected chi connectivity index (χ0v) is 8.60. The first-order chi connectivity index (χ1) is 6.17. The second-order valence-corrected chi connectivity index (χ2v) is 3.58. The Morgan fingerprint density at radius 3 is 2.23 bits per heavy atom. The van der Waals surface area contributed by atoms with E-state index < -0.39 is 0 Å². The molecule has 0 aliphatic carbocycles. The number of rotatable bonds is 3. The van der Waals surface area contributed by atoms with Crippen LogP contribution in [-0.4, -0.2) is 0 Å². The predicted octanol–water partition coefficient (Wildman–Crippen LogP) is 4.04. The maximum atomic E-state index is 13.1. The van der Waals surface area contributed by atoms with E-state index in [2.05, 4.69) is 19.9 Å². The molecule has 1 aromatic rings. The van der Waals surface area contributed by atoms with Gasteiger partial charge in [-0.25, -0.2) is 4.39 Å². The smallest absolute Gasteiger partial charge is 0.123 e. The van der Waals surface area contributed by atoms with Crippen LogP contribution in [0.4, 0.5) is 4.39 Å². The fraction of sp³-hybridized carbons (Fsp3) is 0.500. The lowest BCUT2D eigenvalue weighted by Crippen LogP contribution is -1.96. The van der Waals surface area contributed by atoms with Crippen LogP contribution in [0.2, 0.25) is 0 Å². The Labute approximate surface area is 79.8 Å². The monoisotopic (exact) mass is 180 g/mol. The number of halogens is 1. The van der Waals surface area contributed by atoms with Crippen LogP contribution < -0.4 is 0 Å². The summed E-state index contributed by atoms with van der Waals surface area (Å²) in [4.78, 5) is 0. The molecule has 0 heterocycles. The Bertz CT molecular complexity index is 254. The normalized spacial score (nSPS) is 10.8. The summed E-state index contributed by atoms with van der Waals surface area (Å²) in [5.41, 5.74) is 2.16. The fourth-order valence-corrected chi connectivity index (χ4v) is 1.76. The van der Waals surface area contributed by atoms with E-state index in [0.717, 1.165) is 24.0 Å². The van der Waals surface area contributed by atoms with E-state index in [9.17, 15) is 4.39 Å². The van der Waals surface area contributed by atoms with E-state index in [4.69, 9.17) is 0 Å². The molecule has 0 nitrogen and oxygen atoms in total. The maximum absolute atomic E-state index is 13.1. The van der Waals surface area contributed by atoms with Gasteiger partial charge in [0.05, 0.1) is 0 Å². The molecule has 72 valence electrons. The van der Waals surface area contributed by atoms with Gasteiger partial charge in [-0.1, -0.05) is 19.9 Å². The zero-order chi connectivity index (χ0) is 9.84. The topological polar surface area (TPSA) is 0 Å². The summed E-state index contributed by atoms with van der Waals surface area (Å²) >= 11 is 0. The lowest BCUT2D eigenvalue weighted by atomic mass is 9.93. The van der Waals surface area contributed by atoms with Crippen molar-refractivity contribution >= 4 is 0 Å². The molecule has 0 saturated heterocycles. The lowest BCUT2D eigenvalue weighted by molar-refractivity contribution is 0.604. The maximum Gasteiger partial charge on any atom is 0.123 e. The second-order valence-electron chi connectivity index (χ2n) is 3.58. The third-order valence-corrected chi connectivity index (χ3v) is 2.52. The summed E-state index contributed by atoms with van der Waals surface area (Å²) in [6, 6.07) is 5.32. The largest absolute Gasteiger partial charge is 0.207 e. The van der Waals surface area contributed by atoms with E-state index in [1.165, 1.54) is 0 Å². The fourth-order valence-electron chi connectivity index (χ4n) is 1.76. The van der Waals surface area contributed by atoms with Gasteiger partial charge in [-0.3, -0.25) is 0 Å². The van der Waals surface area contributed by atoms with Crippen LogP contribution in [0.15, 0.2) is 18.2 Å². The number of benzene rings is 1. The highest BCUT2D eigenvalue weighted by molar-refractivity contribution is 5.26. The quantitative estimate of drug-likeness (QED) is 0.658. The Morgan fingerprint density at radius 1 is 1.15 bits per heavy atom. The Kier molecular flexibility index (Phi) is 3.47. The Morgan fingerprint density at radius 2 is 1.77 bits per heavy atom. The first-order valence-corrected chi connectivity index (χ1v) is 4.94. The summed E-state index contributed by atoms with van der Waals surface area (Å²) in [5.74, 6) is 0.399. The standard InChI is InChI=1S/C12H17F/c1-4-10(5-2)11-6-9(3)7-12(13)8-11/h6-8,10H,4-5H2,1-3H3. The van der Waals surface area contributed by atoms with Crippen LogP contribution in [0.3, 0.4) is 0 Å². The summed E-state index contributed by atoms with van der Waals surface area (Å²) < 4.78 is 13.1. The summed E-state index contributed by atoms with van der Waals surface area (Å²) in [6.45, 7) is 6.23. The van der Waals surface area contributed by atoms with E-state index in [1.54, 1.807) is 12.1 Å². The first kappa shape index (κ1) is 10.2. The lowest BCUT2D eigenvalue weighted by Gasteiger charge is -2.13. The van der Waals surface area contributed by atoms with Crippen LogP contribution in [0.1, 0.15) is 43.7 Å². The van der Waals surface area contributed by atoms with Crippen LogP contribution in [0.25, 0.3) is 0 Å². The average molecular weight is 180 g/mol. The van der Waals surface area contributed by atoms with Crippen molar-refractivity contribution in [2.45, 2.75) is 39.5 Å². The van der Waals surface area contributed by atoms with Crippen LogP contribution in [0.5, 0.6) is 0 Å². The third kappa shape index (κ3) is 2.55. The van der Waals surface area contributed by atoms with Gasteiger partial charge in [0.2, 0.25) is 0 Å². The molecule has 0 unspecified atom stereocenters. The van der Waals surface area contributed by atoms with Gasteiger partial charge in [0.25, 0.3) is 0 Å². The van der Waals surface area contributed by atoms with Gasteiger partial charge in [-0.2, -0.15) is 0 Å². The van der Waals surface area contributed by atoms with Crippen molar-refractivity contribution in [3.63, 3.8) is 0 Å². The molecule has 0 amide bonds. The molecule has 0 aliphatic rings. The molecular formula is C12H17F. The van der Waals surface area contributed by atoms with Crippen LogP contribution >= 0.6 is 0 Å². The van der Waals surface area contributed by atoms with Crippen molar-refractivity contribution in [1.82, 2.24) is 0 Å². The second kappa shape index (κ2) is 4.40. The number of aryl methyl sites for hydroxylation is 1. The van der Waals surface area contributed by atoms with Gasteiger partial charge in [0.1, 0.15) is 5.82 Å². The third-order valence-electron chi connectivity index (χ3n) is 2.52. The van der Waals surface area contributed by atoms with E-state index >= 15 is 0 Å². The van der Waals surface area contributed by atoms with Crippen molar-refractivity contribution in [1.29, 1.82) is 0 Å². The summed E-state index contributed by atoms with van der Waals surface area (Å²) in [5, 5.41) is 0. The van der Waals surface area contributed by atoms with Crippen molar-refractivity contribution < 1.29 is 4.39 Å². The van der Waals surface area contributed by atoms with Crippen molar-refractivity contribution in [3.05, 3.63) is 35.1 Å². The number of hydrogen-bond acceptors (Lipinski definition) is 0. The minimum Gasteiger partial charge on any atom is -0.207 e. The molecule has 0 N–H and O–H groups in total. The molecule has 0 aromatic heterocycles. The minimum atomic E-state index is -0.109. The number of hydrogen-bond donors (Lipinski definition) is 0. The molecule has 1 aromatic carbocycles. The molecule has 0 atom stereocenters. The van der Waals surface area contributed by atoms with Gasteiger partial charge >= 0.3 is 0 Å². The van der Waals surface area contributed by atoms with Gasteiger partial charge in [-0.05, 0) is 48.9 Å². The van der Waals surface area contributed by atoms with Gasteiger partial charge in [0, 0.05) is 0 Å². The summed E-state index contributed by atoms with van der Waals surface area (Å²) in [7, 11) is 0. The molecule has 0 aliphatic heterocycles. The molecule has 0 spiro atoms. The average Bonchev–Trinajstić information content (AvgIpc) is 2.04. The molecule has 0 fully saturated rings. The van der Waals surface area contributed by atoms with Crippen molar-refractivity contribution in [3.8, 4) is 0 Å². The first-order valence-electron chi connectivity index (χ1n) is 4.94. The highest BCUT2D eigenvalue weighted by atomic mass is 19.1. The Balaban J connectivity index is 2.99. The van der Waals surface area contributed by atoms with Gasteiger partial charge < -0.3 is 0 Å².